The van der Waals surface area contributed by atoms with Crippen LogP contribution in [0.25, 0.3) is 0 Å². The van der Waals surface area contributed by atoms with Crippen LogP contribution in [0.1, 0.15) is 30.9 Å². The third-order valence-corrected chi connectivity index (χ3v) is 6.00. The van der Waals surface area contributed by atoms with E-state index in [9.17, 15) is 22.8 Å². The second-order valence-electron chi connectivity index (χ2n) is 7.44. The van der Waals surface area contributed by atoms with Gasteiger partial charge in [0.2, 0.25) is 0 Å². The van der Waals surface area contributed by atoms with E-state index in [0.29, 0.717) is 10.6 Å². The van der Waals surface area contributed by atoms with Crippen LogP contribution in [0.3, 0.4) is 0 Å². The van der Waals surface area contributed by atoms with Gasteiger partial charge in [-0.3, -0.25) is 4.79 Å². The predicted molar refractivity (Wildman–Crippen MR) is 85.4 cm³/mol. The van der Waals surface area contributed by atoms with Crippen molar-refractivity contribution >= 4 is 23.6 Å². The van der Waals surface area contributed by atoms with Gasteiger partial charge < -0.3 is 15.4 Å². The molecule has 0 unspecified atom stereocenters. The summed E-state index contributed by atoms with van der Waals surface area (Å²) in [5.74, 6) is -0.519. The summed E-state index contributed by atoms with van der Waals surface area (Å²) < 4.78 is 44.4. The second-order valence-corrected chi connectivity index (χ2v) is 7.88. The van der Waals surface area contributed by atoms with Crippen LogP contribution in [0, 0.1) is 10.8 Å². The van der Waals surface area contributed by atoms with E-state index in [1.54, 1.807) is 24.3 Å². The Kier molecular flexibility index (Phi) is 3.70. The number of rotatable bonds is 4. The van der Waals surface area contributed by atoms with Crippen molar-refractivity contribution < 1.29 is 27.5 Å². The second kappa shape index (κ2) is 5.52. The van der Waals surface area contributed by atoms with Gasteiger partial charge in [-0.05, 0) is 42.4 Å². The van der Waals surface area contributed by atoms with Gasteiger partial charge >= 0.3 is 12.3 Å². The highest BCUT2D eigenvalue weighted by atomic mass is 35.5. The lowest BCUT2D eigenvalue weighted by molar-refractivity contribution is -0.370. The summed E-state index contributed by atoms with van der Waals surface area (Å²) in [5.41, 5.74) is -1.56. The lowest BCUT2D eigenvalue weighted by Crippen LogP contribution is -2.71. The quantitative estimate of drug-likeness (QED) is 0.831. The van der Waals surface area contributed by atoms with Crippen molar-refractivity contribution in [1.82, 2.24) is 10.6 Å². The number of amides is 2. The fourth-order valence-electron chi connectivity index (χ4n) is 4.49. The third-order valence-electron chi connectivity index (χ3n) is 5.75. The number of alkyl carbamates (subject to hydrolysis) is 1. The zero-order chi connectivity index (χ0) is 18.7. The Morgan fingerprint density at radius 3 is 2.38 bits per heavy atom. The normalized spacial score (nSPS) is 33.4. The van der Waals surface area contributed by atoms with Gasteiger partial charge in [-0.1, -0.05) is 23.7 Å². The van der Waals surface area contributed by atoms with Crippen molar-refractivity contribution in [3.05, 3.63) is 34.9 Å². The lowest BCUT2D eigenvalue weighted by Gasteiger charge is -2.73. The Hall–Kier alpha value is -1.96. The van der Waals surface area contributed by atoms with Crippen molar-refractivity contribution in [3.8, 4) is 0 Å². The maximum Gasteiger partial charge on any atom is 0.408 e. The minimum Gasteiger partial charge on any atom is -0.434 e. The van der Waals surface area contributed by atoms with E-state index in [0.717, 1.165) is 0 Å². The molecule has 0 radical (unpaired) electrons. The number of nitrogens with one attached hydrogen (secondary N) is 2. The Bertz CT molecular complexity index is 746. The molecule has 0 aromatic heterocycles. The van der Waals surface area contributed by atoms with E-state index in [4.69, 9.17) is 16.3 Å². The minimum atomic E-state index is -4.23. The molecular weight excluding hydrogens is 373 g/mol. The van der Waals surface area contributed by atoms with Gasteiger partial charge in [0.05, 0.1) is 18.0 Å². The van der Waals surface area contributed by atoms with Crippen molar-refractivity contribution in [2.24, 2.45) is 10.8 Å². The van der Waals surface area contributed by atoms with Crippen LogP contribution >= 0.6 is 11.6 Å². The fourth-order valence-corrected chi connectivity index (χ4v) is 4.61. The Labute approximate surface area is 152 Å². The summed E-state index contributed by atoms with van der Waals surface area (Å²) in [4.78, 5) is 23.6. The Morgan fingerprint density at radius 2 is 1.88 bits per heavy atom. The summed E-state index contributed by atoms with van der Waals surface area (Å²) in [5, 5.41) is 5.68. The van der Waals surface area contributed by atoms with Crippen LogP contribution in [-0.2, 0) is 9.53 Å². The molecule has 9 heteroatoms. The van der Waals surface area contributed by atoms with E-state index in [1.807, 2.05) is 0 Å². The number of ether oxygens (including phenoxy) is 1. The van der Waals surface area contributed by atoms with Gasteiger partial charge in [0.25, 0.3) is 5.91 Å². The van der Waals surface area contributed by atoms with Crippen LogP contribution in [0.2, 0.25) is 5.02 Å². The highest BCUT2D eigenvalue weighted by Crippen LogP contribution is 2.81. The van der Waals surface area contributed by atoms with Gasteiger partial charge in [-0.15, -0.1) is 0 Å². The average Bonchev–Trinajstić information content (AvgIpc) is 2.89. The molecule has 2 bridgehead atoms. The maximum atomic E-state index is 13.2. The molecule has 2 atom stereocenters. The van der Waals surface area contributed by atoms with Crippen LogP contribution in [0.5, 0.6) is 0 Å². The highest BCUT2D eigenvalue weighted by Gasteiger charge is 2.80. The number of benzene rings is 1. The number of carbonyl (C=O) groups excluding carboxylic acids is 2. The number of cyclic esters (lactones) is 1. The SMILES string of the molecule is O=C1NC[C@@H](C(=O)N[C@@H](c2ccc(Cl)cc2)C23CC(C(F)(F)F)(C2)C3)O1. The number of hydrogen-bond donors (Lipinski definition) is 2. The molecule has 2 amide bonds. The zero-order valence-electron chi connectivity index (χ0n) is 13.5. The molecule has 0 spiro atoms. The zero-order valence-corrected chi connectivity index (χ0v) is 14.3. The summed E-state index contributed by atoms with van der Waals surface area (Å²) in [6.07, 6.45) is -5.94. The summed E-state index contributed by atoms with van der Waals surface area (Å²) in [6.45, 7) is 0.0392. The van der Waals surface area contributed by atoms with Gasteiger partial charge in [0, 0.05) is 5.02 Å². The monoisotopic (exact) mass is 388 g/mol. The topological polar surface area (TPSA) is 67.4 Å². The molecule has 1 aromatic carbocycles. The summed E-state index contributed by atoms with van der Waals surface area (Å²) in [6, 6.07) is 6.09. The highest BCUT2D eigenvalue weighted by molar-refractivity contribution is 6.30. The van der Waals surface area contributed by atoms with E-state index >= 15 is 0 Å². The first-order chi connectivity index (χ1) is 12.1. The van der Waals surface area contributed by atoms with Crippen molar-refractivity contribution in [2.45, 2.75) is 37.6 Å². The largest absolute Gasteiger partial charge is 0.434 e. The van der Waals surface area contributed by atoms with Crippen LogP contribution in [0.15, 0.2) is 24.3 Å². The first kappa shape index (κ1) is 17.5. The molecule has 3 aliphatic carbocycles. The van der Waals surface area contributed by atoms with Gasteiger partial charge in [-0.25, -0.2) is 4.79 Å². The fraction of sp³-hybridized carbons (Fsp3) is 0.529. The molecule has 26 heavy (non-hydrogen) atoms. The Balaban J connectivity index is 1.55. The van der Waals surface area contributed by atoms with Crippen LogP contribution in [0.4, 0.5) is 18.0 Å². The van der Waals surface area contributed by atoms with Crippen LogP contribution in [-0.4, -0.2) is 30.8 Å². The molecule has 1 saturated heterocycles. The van der Waals surface area contributed by atoms with Crippen molar-refractivity contribution in [2.75, 3.05) is 6.54 Å². The Morgan fingerprint density at radius 1 is 1.27 bits per heavy atom. The molecule has 5 rings (SSSR count). The molecule has 4 aliphatic rings. The first-order valence-corrected chi connectivity index (χ1v) is 8.59. The molecule has 140 valence electrons. The summed E-state index contributed by atoms with van der Waals surface area (Å²) >= 11 is 5.89. The van der Waals surface area contributed by atoms with Gasteiger partial charge in [0.1, 0.15) is 0 Å². The molecule has 1 heterocycles. The minimum absolute atomic E-state index is 0.0141. The third kappa shape index (κ3) is 2.53. The maximum absolute atomic E-state index is 13.2. The number of hydrogen-bond acceptors (Lipinski definition) is 3. The molecule has 5 nitrogen and oxygen atoms in total. The average molecular weight is 389 g/mol. The molecule has 1 aliphatic heterocycles. The molecule has 2 N–H and O–H groups in total. The summed E-state index contributed by atoms with van der Waals surface area (Å²) in [7, 11) is 0. The van der Waals surface area contributed by atoms with Crippen LogP contribution < -0.4 is 10.6 Å². The standard InChI is InChI=1S/C17H16ClF3N2O3/c18-10-3-1-9(2-4-10)12(23-13(24)11-5-22-14(25)26-11)15-6-16(7-15,8-15)17(19,20)21/h1-4,11-12H,5-8H2,(H,22,25)(H,23,24)/t11-,12-,15?,16?/m0/s1. The predicted octanol–water partition coefficient (Wildman–Crippen LogP) is 3.34. The smallest absolute Gasteiger partial charge is 0.408 e. The molecule has 1 aromatic rings. The van der Waals surface area contributed by atoms with Gasteiger partial charge in [-0.2, -0.15) is 13.2 Å². The molecular formula is C17H16ClF3N2O3. The molecule has 3 saturated carbocycles. The van der Waals surface area contributed by atoms with Gasteiger partial charge in [0.15, 0.2) is 6.10 Å². The number of carbonyl (C=O) groups is 2. The van der Waals surface area contributed by atoms with E-state index in [1.165, 1.54) is 0 Å². The van der Waals surface area contributed by atoms with E-state index in [2.05, 4.69) is 10.6 Å². The van der Waals surface area contributed by atoms with E-state index < -0.39 is 41.2 Å². The first-order valence-electron chi connectivity index (χ1n) is 8.21. The molecule has 4 fully saturated rings. The lowest BCUT2D eigenvalue weighted by atomic mass is 9.32. The number of alkyl halides is 3. The van der Waals surface area contributed by atoms with Crippen molar-refractivity contribution in [1.29, 1.82) is 0 Å². The van der Waals surface area contributed by atoms with Crippen molar-refractivity contribution in [3.63, 3.8) is 0 Å². The number of halogens is 4. The van der Waals surface area contributed by atoms with E-state index in [-0.39, 0.29) is 25.8 Å².